The Balaban J connectivity index is 2.00. The SMILES string of the molecule is CC(C)(CNC(=O)c1[nH]ncc1N)c1ccco1. The maximum absolute atomic E-state index is 11.8. The minimum absolute atomic E-state index is 0.273. The van der Waals surface area contributed by atoms with Gasteiger partial charge >= 0.3 is 0 Å². The predicted octanol–water partition coefficient (Wildman–Crippen LogP) is 1.29. The average molecular weight is 248 g/mol. The van der Waals surface area contributed by atoms with E-state index in [1.807, 2.05) is 26.0 Å². The summed E-state index contributed by atoms with van der Waals surface area (Å²) in [7, 11) is 0. The van der Waals surface area contributed by atoms with E-state index in [1.165, 1.54) is 6.20 Å². The molecule has 1 amide bonds. The minimum Gasteiger partial charge on any atom is -0.469 e. The van der Waals surface area contributed by atoms with Gasteiger partial charge in [-0.05, 0) is 12.1 Å². The molecule has 6 heteroatoms. The number of rotatable bonds is 4. The van der Waals surface area contributed by atoms with Crippen molar-refractivity contribution in [1.82, 2.24) is 15.5 Å². The van der Waals surface area contributed by atoms with E-state index in [1.54, 1.807) is 6.26 Å². The van der Waals surface area contributed by atoms with Crippen LogP contribution < -0.4 is 11.1 Å². The molecule has 0 saturated carbocycles. The van der Waals surface area contributed by atoms with Crippen LogP contribution in [0, 0.1) is 0 Å². The number of H-pyrrole nitrogens is 1. The number of nitrogens with one attached hydrogen (secondary N) is 2. The first kappa shape index (κ1) is 12.2. The van der Waals surface area contributed by atoms with Gasteiger partial charge in [-0.1, -0.05) is 13.8 Å². The number of hydrogen-bond donors (Lipinski definition) is 3. The van der Waals surface area contributed by atoms with E-state index in [4.69, 9.17) is 10.2 Å². The molecule has 2 rings (SSSR count). The molecule has 0 fully saturated rings. The Kier molecular flexibility index (Phi) is 3.10. The van der Waals surface area contributed by atoms with Gasteiger partial charge in [-0.3, -0.25) is 9.89 Å². The third kappa shape index (κ3) is 2.37. The second-order valence-corrected chi connectivity index (χ2v) is 4.74. The first-order chi connectivity index (χ1) is 8.50. The van der Waals surface area contributed by atoms with Crippen LogP contribution in [0.3, 0.4) is 0 Å². The van der Waals surface area contributed by atoms with Gasteiger partial charge in [0.05, 0.1) is 18.1 Å². The number of carbonyl (C=O) groups excluding carboxylic acids is 1. The number of aromatic amines is 1. The number of furan rings is 1. The molecule has 6 nitrogen and oxygen atoms in total. The summed E-state index contributed by atoms with van der Waals surface area (Å²) in [4.78, 5) is 11.8. The molecule has 0 aliphatic rings. The maximum Gasteiger partial charge on any atom is 0.271 e. The second kappa shape index (κ2) is 4.56. The van der Waals surface area contributed by atoms with Crippen LogP contribution in [-0.2, 0) is 5.41 Å². The van der Waals surface area contributed by atoms with E-state index in [0.29, 0.717) is 12.2 Å². The van der Waals surface area contributed by atoms with Crippen molar-refractivity contribution < 1.29 is 9.21 Å². The molecule has 4 N–H and O–H groups in total. The Morgan fingerprint density at radius 3 is 2.94 bits per heavy atom. The lowest BCUT2D eigenvalue weighted by atomic mass is 9.90. The van der Waals surface area contributed by atoms with Crippen LogP contribution >= 0.6 is 0 Å². The van der Waals surface area contributed by atoms with Crippen molar-refractivity contribution in [3.05, 3.63) is 36.0 Å². The highest BCUT2D eigenvalue weighted by Gasteiger charge is 2.25. The number of aromatic nitrogens is 2. The van der Waals surface area contributed by atoms with Gasteiger partial charge in [0.2, 0.25) is 0 Å². The monoisotopic (exact) mass is 248 g/mol. The van der Waals surface area contributed by atoms with Crippen LogP contribution in [-0.4, -0.2) is 22.6 Å². The quantitative estimate of drug-likeness (QED) is 0.759. The van der Waals surface area contributed by atoms with E-state index >= 15 is 0 Å². The maximum atomic E-state index is 11.8. The second-order valence-electron chi connectivity index (χ2n) is 4.74. The van der Waals surface area contributed by atoms with Gasteiger partial charge in [0.1, 0.15) is 11.5 Å². The summed E-state index contributed by atoms with van der Waals surface area (Å²) in [5, 5.41) is 9.08. The minimum atomic E-state index is -0.284. The Morgan fingerprint density at radius 1 is 1.61 bits per heavy atom. The molecule has 0 spiro atoms. The van der Waals surface area contributed by atoms with Gasteiger partial charge in [-0.25, -0.2) is 0 Å². The Bertz CT molecular complexity index is 528. The van der Waals surface area contributed by atoms with Crippen molar-refractivity contribution in [1.29, 1.82) is 0 Å². The smallest absolute Gasteiger partial charge is 0.271 e. The molecule has 18 heavy (non-hydrogen) atoms. The summed E-state index contributed by atoms with van der Waals surface area (Å²) in [6.45, 7) is 4.42. The molecule has 0 aliphatic heterocycles. The van der Waals surface area contributed by atoms with Crippen molar-refractivity contribution in [2.45, 2.75) is 19.3 Å². The average Bonchev–Trinajstić information content (AvgIpc) is 2.96. The first-order valence-corrected chi connectivity index (χ1v) is 5.62. The molecule has 0 bridgehead atoms. The standard InChI is InChI=1S/C12H16N4O2/c1-12(2,9-4-3-5-18-9)7-14-11(17)10-8(13)6-15-16-10/h3-6H,7,13H2,1-2H3,(H,14,17)(H,15,16). The van der Waals surface area contributed by atoms with Crippen LogP contribution in [0.2, 0.25) is 0 Å². The zero-order valence-corrected chi connectivity index (χ0v) is 10.4. The number of nitrogens with two attached hydrogens (primary N) is 1. The largest absolute Gasteiger partial charge is 0.469 e. The van der Waals surface area contributed by atoms with Crippen LogP contribution in [0.4, 0.5) is 5.69 Å². The normalized spacial score (nSPS) is 11.4. The molecule has 0 aromatic carbocycles. The summed E-state index contributed by atoms with van der Waals surface area (Å²) < 4.78 is 5.35. The Labute approximate surface area is 105 Å². The molecule has 2 aromatic rings. The summed E-state index contributed by atoms with van der Waals surface area (Å²) in [5.74, 6) is 0.546. The molecular weight excluding hydrogens is 232 g/mol. The zero-order valence-electron chi connectivity index (χ0n) is 10.4. The van der Waals surface area contributed by atoms with Crippen LogP contribution in [0.1, 0.15) is 30.1 Å². The summed E-state index contributed by atoms with van der Waals surface area (Å²) in [5.41, 5.74) is 5.94. The van der Waals surface area contributed by atoms with E-state index in [9.17, 15) is 4.79 Å². The third-order valence-corrected chi connectivity index (χ3v) is 2.77. The number of amides is 1. The topological polar surface area (TPSA) is 96.9 Å². The lowest BCUT2D eigenvalue weighted by Crippen LogP contribution is -2.36. The number of nitrogens with zero attached hydrogens (tertiary/aromatic N) is 1. The lowest BCUT2D eigenvalue weighted by molar-refractivity contribution is 0.0939. The number of nitrogen functional groups attached to an aromatic ring is 1. The van der Waals surface area contributed by atoms with Gasteiger partial charge in [0, 0.05) is 12.0 Å². The fourth-order valence-electron chi connectivity index (χ4n) is 1.62. The summed E-state index contributed by atoms with van der Waals surface area (Å²) in [6, 6.07) is 3.71. The first-order valence-electron chi connectivity index (χ1n) is 5.62. The highest BCUT2D eigenvalue weighted by Crippen LogP contribution is 2.22. The predicted molar refractivity (Wildman–Crippen MR) is 67.1 cm³/mol. The molecule has 2 heterocycles. The number of carbonyl (C=O) groups is 1. The molecule has 0 atom stereocenters. The summed E-state index contributed by atoms with van der Waals surface area (Å²) >= 11 is 0. The highest BCUT2D eigenvalue weighted by atomic mass is 16.3. The van der Waals surface area contributed by atoms with Crippen molar-refractivity contribution in [2.75, 3.05) is 12.3 Å². The molecule has 0 saturated heterocycles. The molecular formula is C12H16N4O2. The fraction of sp³-hybridized carbons (Fsp3) is 0.333. The Hall–Kier alpha value is -2.24. The van der Waals surface area contributed by atoms with Crippen LogP contribution in [0.5, 0.6) is 0 Å². The van der Waals surface area contributed by atoms with Crippen molar-refractivity contribution >= 4 is 11.6 Å². The third-order valence-electron chi connectivity index (χ3n) is 2.77. The zero-order chi connectivity index (χ0) is 13.2. The molecule has 0 unspecified atom stereocenters. The molecule has 96 valence electrons. The van der Waals surface area contributed by atoms with Gasteiger partial charge in [-0.2, -0.15) is 5.10 Å². The molecule has 2 aromatic heterocycles. The van der Waals surface area contributed by atoms with Crippen molar-refractivity contribution in [3.8, 4) is 0 Å². The lowest BCUT2D eigenvalue weighted by Gasteiger charge is -2.22. The van der Waals surface area contributed by atoms with Gasteiger partial charge in [-0.15, -0.1) is 0 Å². The number of anilines is 1. The summed E-state index contributed by atoms with van der Waals surface area (Å²) in [6.07, 6.45) is 3.03. The van der Waals surface area contributed by atoms with E-state index in [0.717, 1.165) is 5.76 Å². The van der Waals surface area contributed by atoms with Gasteiger partial charge < -0.3 is 15.5 Å². The number of hydrogen-bond acceptors (Lipinski definition) is 4. The van der Waals surface area contributed by atoms with Gasteiger partial charge in [0.25, 0.3) is 5.91 Å². The van der Waals surface area contributed by atoms with Gasteiger partial charge in [0.15, 0.2) is 0 Å². The van der Waals surface area contributed by atoms with E-state index < -0.39 is 0 Å². The molecule has 0 aliphatic carbocycles. The van der Waals surface area contributed by atoms with Crippen LogP contribution in [0.15, 0.2) is 29.0 Å². The van der Waals surface area contributed by atoms with Crippen LogP contribution in [0.25, 0.3) is 0 Å². The fourth-order valence-corrected chi connectivity index (χ4v) is 1.62. The van der Waals surface area contributed by atoms with Crippen molar-refractivity contribution in [3.63, 3.8) is 0 Å². The van der Waals surface area contributed by atoms with E-state index in [-0.39, 0.29) is 17.0 Å². The Morgan fingerprint density at radius 2 is 2.39 bits per heavy atom. The molecule has 0 radical (unpaired) electrons. The van der Waals surface area contributed by atoms with Crippen molar-refractivity contribution in [2.24, 2.45) is 0 Å². The highest BCUT2D eigenvalue weighted by molar-refractivity contribution is 5.96. The van der Waals surface area contributed by atoms with E-state index in [2.05, 4.69) is 15.5 Å².